The van der Waals surface area contributed by atoms with Crippen LogP contribution in [0.5, 0.6) is 5.75 Å². The van der Waals surface area contributed by atoms with Gasteiger partial charge in [-0.2, -0.15) is 0 Å². The Hall–Kier alpha value is -2.48. The summed E-state index contributed by atoms with van der Waals surface area (Å²) in [5.41, 5.74) is 2.72. The fraction of sp³-hybridized carbons (Fsp3) is 0.519. The highest BCUT2D eigenvalue weighted by atomic mass is 35.5. The Kier molecular flexibility index (Phi) is 8.42. The summed E-state index contributed by atoms with van der Waals surface area (Å²) in [4.78, 5) is 18.3. The number of nitrogens with one attached hydrogen (secondary N) is 1. The van der Waals surface area contributed by atoms with E-state index in [1.54, 1.807) is 4.90 Å². The van der Waals surface area contributed by atoms with E-state index in [0.717, 1.165) is 51.4 Å². The second-order valence-corrected chi connectivity index (χ2v) is 9.87. The molecule has 1 amide bonds. The monoisotopic (exact) mass is 500 g/mol. The molecular weight excluding hydrogens is 464 g/mol. The lowest BCUT2D eigenvalue weighted by Gasteiger charge is -2.54. The molecular formula is C27H37ClN4O3. The summed E-state index contributed by atoms with van der Waals surface area (Å²) in [6, 6.07) is 18.6. The Morgan fingerprint density at radius 2 is 1.91 bits per heavy atom. The van der Waals surface area contributed by atoms with Crippen molar-refractivity contribution in [2.45, 2.75) is 37.3 Å². The molecule has 190 valence electrons. The molecule has 5 rings (SSSR count). The smallest absolute Gasteiger partial charge is 0.407 e. The first kappa shape index (κ1) is 25.6. The number of carbonyl (C=O) groups is 1. The molecule has 0 aromatic heterocycles. The van der Waals surface area contributed by atoms with Gasteiger partial charge >= 0.3 is 6.09 Å². The fourth-order valence-electron chi connectivity index (χ4n) is 5.75. The Balaban J connectivity index is 0.00000289. The molecule has 2 aromatic carbocycles. The number of benzene rings is 2. The summed E-state index contributed by atoms with van der Waals surface area (Å²) in [6.07, 6.45) is 3.74. The van der Waals surface area contributed by atoms with E-state index in [4.69, 9.17) is 4.74 Å². The summed E-state index contributed by atoms with van der Waals surface area (Å²) in [5, 5.41) is 13.2. The molecule has 3 aliphatic rings. The number of carboxylic acid groups (broad SMARTS) is 1. The number of hydrogen-bond donors (Lipinski definition) is 2. The maximum atomic E-state index is 11.8. The van der Waals surface area contributed by atoms with Crippen molar-refractivity contribution in [2.24, 2.45) is 0 Å². The van der Waals surface area contributed by atoms with Crippen molar-refractivity contribution in [1.29, 1.82) is 0 Å². The molecule has 2 saturated heterocycles. The van der Waals surface area contributed by atoms with E-state index >= 15 is 0 Å². The van der Waals surface area contributed by atoms with Crippen LogP contribution in [-0.4, -0.2) is 85.0 Å². The summed E-state index contributed by atoms with van der Waals surface area (Å²) < 4.78 is 6.17. The third-order valence-electron chi connectivity index (χ3n) is 7.76. The largest absolute Gasteiger partial charge is 0.492 e. The topological polar surface area (TPSA) is 68.3 Å². The molecule has 2 N–H and O–H groups in total. The molecule has 1 atom stereocenters. The highest BCUT2D eigenvalue weighted by Gasteiger charge is 2.44. The quantitative estimate of drug-likeness (QED) is 0.604. The zero-order chi connectivity index (χ0) is 23.4. The van der Waals surface area contributed by atoms with E-state index in [9.17, 15) is 9.90 Å². The van der Waals surface area contributed by atoms with Crippen LogP contribution in [0.3, 0.4) is 0 Å². The van der Waals surface area contributed by atoms with Gasteiger partial charge in [0, 0.05) is 57.6 Å². The first-order chi connectivity index (χ1) is 16.6. The molecule has 0 bridgehead atoms. The van der Waals surface area contributed by atoms with Gasteiger partial charge in [-0.25, -0.2) is 4.79 Å². The van der Waals surface area contributed by atoms with Crippen molar-refractivity contribution in [3.63, 3.8) is 0 Å². The Morgan fingerprint density at radius 1 is 1.09 bits per heavy atom. The number of halogens is 1. The van der Waals surface area contributed by atoms with Crippen LogP contribution in [-0.2, 0) is 6.42 Å². The second kappa shape index (κ2) is 11.5. The fourth-order valence-corrected chi connectivity index (χ4v) is 5.75. The van der Waals surface area contributed by atoms with Crippen molar-refractivity contribution >= 4 is 24.2 Å². The summed E-state index contributed by atoms with van der Waals surface area (Å²) in [6.45, 7) is 6.54. The number of amides is 1. The first-order valence-electron chi connectivity index (χ1n) is 12.6. The predicted molar refractivity (Wildman–Crippen MR) is 141 cm³/mol. The Morgan fingerprint density at radius 3 is 2.66 bits per heavy atom. The molecule has 3 fully saturated rings. The van der Waals surface area contributed by atoms with Crippen molar-refractivity contribution < 1.29 is 14.6 Å². The van der Waals surface area contributed by atoms with E-state index < -0.39 is 6.09 Å². The van der Waals surface area contributed by atoms with Crippen LogP contribution in [0.4, 0.5) is 10.5 Å². The number of anilines is 1. The third-order valence-corrected chi connectivity index (χ3v) is 7.76. The zero-order valence-corrected chi connectivity index (χ0v) is 21.1. The van der Waals surface area contributed by atoms with Crippen LogP contribution in [0.25, 0.3) is 0 Å². The van der Waals surface area contributed by atoms with Gasteiger partial charge < -0.3 is 25.0 Å². The van der Waals surface area contributed by atoms with E-state index in [1.165, 1.54) is 30.5 Å². The normalized spacial score (nSPS) is 21.8. The summed E-state index contributed by atoms with van der Waals surface area (Å²) in [7, 11) is 0. The van der Waals surface area contributed by atoms with Crippen molar-refractivity contribution in [3.05, 3.63) is 60.2 Å². The van der Waals surface area contributed by atoms with Gasteiger partial charge in [0.15, 0.2) is 0 Å². The van der Waals surface area contributed by atoms with Gasteiger partial charge in [0.05, 0.1) is 11.6 Å². The Bertz CT molecular complexity index is 972. The summed E-state index contributed by atoms with van der Waals surface area (Å²) >= 11 is 0. The lowest BCUT2D eigenvalue weighted by Crippen LogP contribution is -2.65. The molecule has 35 heavy (non-hydrogen) atoms. The highest BCUT2D eigenvalue weighted by molar-refractivity contribution is 5.85. The minimum absolute atomic E-state index is 0. The number of hydrogen-bond acceptors (Lipinski definition) is 5. The van der Waals surface area contributed by atoms with Crippen molar-refractivity contribution in [2.75, 3.05) is 57.3 Å². The van der Waals surface area contributed by atoms with Gasteiger partial charge in [0.2, 0.25) is 0 Å². The van der Waals surface area contributed by atoms with Crippen LogP contribution >= 0.6 is 12.4 Å². The van der Waals surface area contributed by atoms with Gasteiger partial charge in [0.25, 0.3) is 0 Å². The van der Waals surface area contributed by atoms with E-state index in [0.29, 0.717) is 13.2 Å². The maximum absolute atomic E-state index is 11.8. The van der Waals surface area contributed by atoms with E-state index in [2.05, 4.69) is 45.4 Å². The van der Waals surface area contributed by atoms with Crippen LogP contribution in [0.2, 0.25) is 0 Å². The third kappa shape index (κ3) is 5.85. The van der Waals surface area contributed by atoms with Crippen molar-refractivity contribution in [3.8, 4) is 5.75 Å². The lowest BCUT2D eigenvalue weighted by atomic mass is 9.74. The average molecular weight is 501 g/mol. The zero-order valence-electron chi connectivity index (χ0n) is 20.3. The maximum Gasteiger partial charge on any atom is 0.407 e. The van der Waals surface area contributed by atoms with Crippen LogP contribution in [0.1, 0.15) is 24.8 Å². The summed E-state index contributed by atoms with van der Waals surface area (Å²) in [5.74, 6) is 0.913. The second-order valence-electron chi connectivity index (χ2n) is 9.87. The molecule has 8 heteroatoms. The van der Waals surface area contributed by atoms with Crippen LogP contribution in [0.15, 0.2) is 54.6 Å². The molecule has 0 radical (unpaired) electrons. The number of rotatable bonds is 7. The SMILES string of the molecule is Cl.O=C(O)N1CCN(CCOc2cccc(N3CCNCC34CCC4)c2)CC1Cc1ccccc1. The van der Waals surface area contributed by atoms with Gasteiger partial charge in [-0.05, 0) is 43.4 Å². The molecule has 7 nitrogen and oxygen atoms in total. The molecule has 2 heterocycles. The number of nitrogens with zero attached hydrogens (tertiary/aromatic N) is 3. The number of piperazine rings is 2. The predicted octanol–water partition coefficient (Wildman–Crippen LogP) is 3.73. The first-order valence-corrected chi connectivity index (χ1v) is 12.6. The van der Waals surface area contributed by atoms with Crippen molar-refractivity contribution in [1.82, 2.24) is 15.1 Å². The van der Waals surface area contributed by atoms with Crippen LogP contribution < -0.4 is 15.0 Å². The van der Waals surface area contributed by atoms with E-state index in [1.807, 2.05) is 24.3 Å². The van der Waals surface area contributed by atoms with Crippen LogP contribution in [0, 0.1) is 0 Å². The van der Waals surface area contributed by atoms with Gasteiger partial charge in [-0.15, -0.1) is 12.4 Å². The lowest BCUT2D eigenvalue weighted by molar-refractivity contribution is 0.0618. The molecule has 1 unspecified atom stereocenters. The standard InChI is InChI=1S/C27H36N4O3.ClH/c32-26(33)30-15-14-29(20-24(30)18-22-6-2-1-3-7-22)16-17-34-25-9-4-8-23(19-25)31-13-12-28-21-27(31)10-5-11-27;/h1-4,6-9,19,24,28H,5,10-18,20-21H2,(H,32,33);1H. The van der Waals surface area contributed by atoms with E-state index in [-0.39, 0.29) is 24.0 Å². The van der Waals surface area contributed by atoms with Gasteiger partial charge in [-0.1, -0.05) is 36.4 Å². The Labute approximate surface area is 214 Å². The minimum Gasteiger partial charge on any atom is -0.492 e. The number of ether oxygens (including phenoxy) is 1. The average Bonchev–Trinajstić information content (AvgIpc) is 2.84. The molecule has 1 saturated carbocycles. The highest BCUT2D eigenvalue weighted by Crippen LogP contribution is 2.41. The molecule has 1 spiro atoms. The molecule has 1 aliphatic carbocycles. The van der Waals surface area contributed by atoms with Gasteiger partial charge in [-0.3, -0.25) is 4.90 Å². The van der Waals surface area contributed by atoms with Gasteiger partial charge in [0.1, 0.15) is 12.4 Å². The molecule has 2 aromatic rings. The minimum atomic E-state index is -0.828. The molecule has 2 aliphatic heterocycles.